The van der Waals surface area contributed by atoms with Gasteiger partial charge in [0.05, 0.1) is 6.04 Å². The molecule has 112 valence electrons. The molecule has 2 heterocycles. The van der Waals surface area contributed by atoms with Crippen molar-refractivity contribution in [2.45, 2.75) is 77.2 Å². The van der Waals surface area contributed by atoms with E-state index in [-0.39, 0.29) is 6.04 Å². The summed E-state index contributed by atoms with van der Waals surface area (Å²) in [7, 11) is 0. The Balaban J connectivity index is 1.64. The molecule has 0 aromatic carbocycles. The lowest BCUT2D eigenvalue weighted by Crippen LogP contribution is -2.22. The average molecular weight is 277 g/mol. The third-order valence-corrected chi connectivity index (χ3v) is 5.02. The molecule has 0 radical (unpaired) electrons. The molecule has 0 bridgehead atoms. The SMILES string of the molecule is CC1(C)CCC(c2noc(C3CCCCCN3)n2)CC1. The van der Waals surface area contributed by atoms with E-state index < -0.39 is 0 Å². The fraction of sp³-hybridized carbons (Fsp3) is 0.875. The van der Waals surface area contributed by atoms with Crippen LogP contribution in [-0.4, -0.2) is 16.7 Å². The van der Waals surface area contributed by atoms with Crippen molar-refractivity contribution in [3.63, 3.8) is 0 Å². The van der Waals surface area contributed by atoms with Crippen LogP contribution in [0.5, 0.6) is 0 Å². The van der Waals surface area contributed by atoms with Gasteiger partial charge >= 0.3 is 0 Å². The molecule has 1 saturated carbocycles. The second kappa shape index (κ2) is 5.84. The van der Waals surface area contributed by atoms with Gasteiger partial charge in [-0.25, -0.2) is 0 Å². The molecule has 3 rings (SSSR count). The van der Waals surface area contributed by atoms with Crippen molar-refractivity contribution in [2.24, 2.45) is 5.41 Å². The van der Waals surface area contributed by atoms with Crippen molar-refractivity contribution in [3.05, 3.63) is 11.7 Å². The molecule has 4 nitrogen and oxygen atoms in total. The molecule has 0 spiro atoms. The molecule has 1 unspecified atom stereocenters. The summed E-state index contributed by atoms with van der Waals surface area (Å²) >= 11 is 0. The molecule has 20 heavy (non-hydrogen) atoms. The van der Waals surface area contributed by atoms with Gasteiger partial charge in [-0.15, -0.1) is 0 Å². The van der Waals surface area contributed by atoms with E-state index in [1.165, 1.54) is 44.9 Å². The molecule has 0 amide bonds. The van der Waals surface area contributed by atoms with Crippen LogP contribution in [0.15, 0.2) is 4.52 Å². The maximum Gasteiger partial charge on any atom is 0.243 e. The second-order valence-corrected chi connectivity index (χ2v) is 7.29. The van der Waals surface area contributed by atoms with Crippen molar-refractivity contribution in [3.8, 4) is 0 Å². The van der Waals surface area contributed by atoms with Gasteiger partial charge in [-0.3, -0.25) is 0 Å². The van der Waals surface area contributed by atoms with E-state index >= 15 is 0 Å². The van der Waals surface area contributed by atoms with Crippen LogP contribution in [-0.2, 0) is 0 Å². The van der Waals surface area contributed by atoms with Crippen molar-refractivity contribution >= 4 is 0 Å². The van der Waals surface area contributed by atoms with E-state index in [9.17, 15) is 0 Å². The van der Waals surface area contributed by atoms with Gasteiger partial charge in [0.2, 0.25) is 5.89 Å². The molecule has 2 aliphatic rings. The number of hydrogen-bond donors (Lipinski definition) is 1. The quantitative estimate of drug-likeness (QED) is 0.889. The third-order valence-electron chi connectivity index (χ3n) is 5.02. The van der Waals surface area contributed by atoms with Crippen LogP contribution >= 0.6 is 0 Å². The molecule has 1 aliphatic carbocycles. The van der Waals surface area contributed by atoms with Gasteiger partial charge in [0, 0.05) is 5.92 Å². The highest BCUT2D eigenvalue weighted by Crippen LogP contribution is 2.41. The van der Waals surface area contributed by atoms with Gasteiger partial charge in [-0.05, 0) is 50.5 Å². The first-order valence-electron chi connectivity index (χ1n) is 8.21. The summed E-state index contributed by atoms with van der Waals surface area (Å²) in [5.74, 6) is 2.26. The number of nitrogens with zero attached hydrogens (tertiary/aromatic N) is 2. The van der Waals surface area contributed by atoms with E-state index in [2.05, 4.69) is 24.3 Å². The summed E-state index contributed by atoms with van der Waals surface area (Å²) in [6, 6.07) is 0.277. The van der Waals surface area contributed by atoms with Gasteiger partial charge in [0.15, 0.2) is 5.82 Å². The van der Waals surface area contributed by atoms with Gasteiger partial charge in [0.25, 0.3) is 0 Å². The van der Waals surface area contributed by atoms with Gasteiger partial charge in [0.1, 0.15) is 0 Å². The Morgan fingerprint density at radius 3 is 2.70 bits per heavy atom. The van der Waals surface area contributed by atoms with Crippen LogP contribution in [0.25, 0.3) is 0 Å². The van der Waals surface area contributed by atoms with Crippen LogP contribution in [0, 0.1) is 5.41 Å². The Morgan fingerprint density at radius 1 is 1.10 bits per heavy atom. The maximum atomic E-state index is 5.54. The molecule has 1 aromatic heterocycles. The first-order chi connectivity index (χ1) is 9.64. The fourth-order valence-corrected chi connectivity index (χ4v) is 3.45. The van der Waals surface area contributed by atoms with E-state index in [4.69, 9.17) is 9.51 Å². The first-order valence-corrected chi connectivity index (χ1v) is 8.21. The zero-order chi connectivity index (χ0) is 14.0. The fourth-order valence-electron chi connectivity index (χ4n) is 3.45. The summed E-state index contributed by atoms with van der Waals surface area (Å²) in [5.41, 5.74) is 0.492. The molecule has 1 atom stereocenters. The first kappa shape index (κ1) is 14.1. The summed E-state index contributed by atoms with van der Waals surface area (Å²) in [4.78, 5) is 4.71. The third kappa shape index (κ3) is 3.22. The molecule has 1 aliphatic heterocycles. The Labute approximate surface area is 121 Å². The number of aromatic nitrogens is 2. The van der Waals surface area contributed by atoms with Gasteiger partial charge in [-0.1, -0.05) is 31.8 Å². The lowest BCUT2D eigenvalue weighted by atomic mass is 9.73. The molecule has 1 N–H and O–H groups in total. The van der Waals surface area contributed by atoms with Crippen LogP contribution in [0.3, 0.4) is 0 Å². The van der Waals surface area contributed by atoms with Crippen molar-refractivity contribution < 1.29 is 4.52 Å². The summed E-state index contributed by atoms with van der Waals surface area (Å²) in [5, 5.41) is 7.80. The monoisotopic (exact) mass is 277 g/mol. The lowest BCUT2D eigenvalue weighted by Gasteiger charge is -2.32. The standard InChI is InChI=1S/C16H27N3O/c1-16(2)9-7-12(8-10-16)14-18-15(20-19-14)13-6-4-3-5-11-17-13/h12-13,17H,3-11H2,1-2H3. The lowest BCUT2D eigenvalue weighted by molar-refractivity contribution is 0.218. The highest BCUT2D eigenvalue weighted by Gasteiger charge is 2.31. The smallest absolute Gasteiger partial charge is 0.243 e. The Hall–Kier alpha value is -0.900. The van der Waals surface area contributed by atoms with E-state index in [0.717, 1.165) is 24.7 Å². The highest BCUT2D eigenvalue weighted by atomic mass is 16.5. The van der Waals surface area contributed by atoms with Crippen LogP contribution < -0.4 is 5.32 Å². The molecule has 1 aromatic rings. The number of rotatable bonds is 2. The van der Waals surface area contributed by atoms with Gasteiger partial charge < -0.3 is 9.84 Å². The topological polar surface area (TPSA) is 51.0 Å². The predicted octanol–water partition coefficient (Wildman–Crippen LogP) is 3.96. The minimum Gasteiger partial charge on any atom is -0.338 e. The zero-order valence-electron chi connectivity index (χ0n) is 12.8. The zero-order valence-corrected chi connectivity index (χ0v) is 12.8. The predicted molar refractivity (Wildman–Crippen MR) is 78.5 cm³/mol. The highest BCUT2D eigenvalue weighted by molar-refractivity contribution is 5.01. The molecular weight excluding hydrogens is 250 g/mol. The largest absolute Gasteiger partial charge is 0.338 e. The number of hydrogen-bond acceptors (Lipinski definition) is 4. The van der Waals surface area contributed by atoms with Crippen molar-refractivity contribution in [1.82, 2.24) is 15.5 Å². The van der Waals surface area contributed by atoms with Crippen molar-refractivity contribution in [1.29, 1.82) is 0 Å². The average Bonchev–Trinajstić information content (AvgIpc) is 2.75. The second-order valence-electron chi connectivity index (χ2n) is 7.29. The number of nitrogens with one attached hydrogen (secondary N) is 1. The Kier molecular flexibility index (Phi) is 4.11. The van der Waals surface area contributed by atoms with E-state index in [1.807, 2.05) is 0 Å². The Bertz CT molecular complexity index is 423. The summed E-state index contributed by atoms with van der Waals surface area (Å²) < 4.78 is 5.54. The maximum absolute atomic E-state index is 5.54. The van der Waals surface area contributed by atoms with Crippen LogP contribution in [0.4, 0.5) is 0 Å². The normalized spacial score (nSPS) is 28.2. The van der Waals surface area contributed by atoms with E-state index in [1.54, 1.807) is 0 Å². The van der Waals surface area contributed by atoms with Crippen LogP contribution in [0.1, 0.15) is 88.9 Å². The minimum absolute atomic E-state index is 0.277. The molecule has 4 heteroatoms. The van der Waals surface area contributed by atoms with Gasteiger partial charge in [-0.2, -0.15) is 4.98 Å². The summed E-state index contributed by atoms with van der Waals surface area (Å²) in [6.07, 6.45) is 9.88. The minimum atomic E-state index is 0.277. The summed E-state index contributed by atoms with van der Waals surface area (Å²) in [6.45, 7) is 5.79. The molecule has 1 saturated heterocycles. The molecular formula is C16H27N3O. The molecule has 2 fully saturated rings. The van der Waals surface area contributed by atoms with Crippen molar-refractivity contribution in [2.75, 3.05) is 6.54 Å². The van der Waals surface area contributed by atoms with Crippen LogP contribution in [0.2, 0.25) is 0 Å². The Morgan fingerprint density at radius 2 is 1.90 bits per heavy atom. The van der Waals surface area contributed by atoms with E-state index in [0.29, 0.717) is 11.3 Å².